The summed E-state index contributed by atoms with van der Waals surface area (Å²) >= 11 is 1.73. The van der Waals surface area contributed by atoms with Crippen LogP contribution in [0.15, 0.2) is 5.16 Å². The van der Waals surface area contributed by atoms with Crippen molar-refractivity contribution in [2.24, 2.45) is 11.7 Å². The molecule has 5 nitrogen and oxygen atoms in total. The third kappa shape index (κ3) is 2.68. The zero-order chi connectivity index (χ0) is 9.80. The smallest absolute Gasteiger partial charge is 0.209 e. The number of tetrazole rings is 1. The monoisotopic (exact) mass is 213 g/mol. The highest BCUT2D eigenvalue weighted by Crippen LogP contribution is 2.34. The molecule has 0 aliphatic heterocycles. The molecule has 0 bridgehead atoms. The van der Waals surface area contributed by atoms with Gasteiger partial charge in [0.05, 0.1) is 6.54 Å². The number of nitrogens with two attached hydrogens (primary N) is 1. The number of nitrogens with zero attached hydrogens (tertiary/aromatic N) is 4. The van der Waals surface area contributed by atoms with Crippen LogP contribution in [0.5, 0.6) is 0 Å². The van der Waals surface area contributed by atoms with Crippen molar-refractivity contribution in [3.63, 3.8) is 0 Å². The zero-order valence-electron chi connectivity index (χ0n) is 8.09. The highest BCUT2D eigenvalue weighted by atomic mass is 32.2. The van der Waals surface area contributed by atoms with Crippen molar-refractivity contribution in [3.8, 4) is 0 Å². The summed E-state index contributed by atoms with van der Waals surface area (Å²) < 4.78 is 1.78. The second-order valence-electron chi connectivity index (χ2n) is 3.55. The van der Waals surface area contributed by atoms with Crippen LogP contribution in [0, 0.1) is 5.92 Å². The first kappa shape index (κ1) is 9.92. The van der Waals surface area contributed by atoms with Gasteiger partial charge in [-0.25, -0.2) is 4.68 Å². The molecule has 1 saturated carbocycles. The predicted octanol–water partition coefficient (Wildman–Crippen LogP) is 0.524. The molecular weight excluding hydrogens is 198 g/mol. The number of rotatable bonds is 6. The molecule has 2 rings (SSSR count). The van der Waals surface area contributed by atoms with E-state index in [0.29, 0.717) is 13.1 Å². The van der Waals surface area contributed by atoms with Crippen molar-refractivity contribution >= 4 is 11.8 Å². The van der Waals surface area contributed by atoms with E-state index in [-0.39, 0.29) is 0 Å². The normalized spacial score (nSPS) is 16.1. The molecule has 0 aromatic carbocycles. The fraction of sp³-hybridized carbons (Fsp3) is 0.875. The molecule has 0 radical (unpaired) electrons. The van der Waals surface area contributed by atoms with Gasteiger partial charge in [0.25, 0.3) is 0 Å². The molecule has 1 fully saturated rings. The maximum absolute atomic E-state index is 5.45. The lowest BCUT2D eigenvalue weighted by Gasteiger charge is -2.01. The second-order valence-corrected chi connectivity index (χ2v) is 4.62. The minimum atomic E-state index is 0.585. The van der Waals surface area contributed by atoms with E-state index in [1.165, 1.54) is 19.3 Å². The summed E-state index contributed by atoms with van der Waals surface area (Å²) in [7, 11) is 0. The summed E-state index contributed by atoms with van der Waals surface area (Å²) in [6.45, 7) is 1.29. The van der Waals surface area contributed by atoms with Gasteiger partial charge in [0, 0.05) is 12.3 Å². The molecule has 6 heteroatoms. The van der Waals surface area contributed by atoms with Gasteiger partial charge < -0.3 is 5.73 Å². The summed E-state index contributed by atoms with van der Waals surface area (Å²) in [5.74, 6) is 2.09. The number of hydrogen-bond acceptors (Lipinski definition) is 5. The first-order valence-electron chi connectivity index (χ1n) is 4.99. The Labute approximate surface area is 87.4 Å². The molecule has 0 saturated heterocycles. The summed E-state index contributed by atoms with van der Waals surface area (Å²) in [4.78, 5) is 0. The van der Waals surface area contributed by atoms with Crippen LogP contribution in [0.1, 0.15) is 19.3 Å². The molecule has 1 aliphatic rings. The largest absolute Gasteiger partial charge is 0.329 e. The summed E-state index contributed by atoms with van der Waals surface area (Å²) in [6.07, 6.45) is 4.11. The summed E-state index contributed by atoms with van der Waals surface area (Å²) in [5, 5.41) is 12.4. The van der Waals surface area contributed by atoms with Gasteiger partial charge in [0.1, 0.15) is 0 Å². The van der Waals surface area contributed by atoms with Gasteiger partial charge in [0.2, 0.25) is 5.16 Å². The van der Waals surface area contributed by atoms with E-state index >= 15 is 0 Å². The van der Waals surface area contributed by atoms with Gasteiger partial charge in [0.15, 0.2) is 0 Å². The highest BCUT2D eigenvalue weighted by molar-refractivity contribution is 7.99. The number of hydrogen-bond donors (Lipinski definition) is 1. The van der Waals surface area contributed by atoms with E-state index in [2.05, 4.69) is 15.5 Å². The van der Waals surface area contributed by atoms with Gasteiger partial charge in [-0.3, -0.25) is 0 Å². The molecular formula is C8H15N5S. The first-order chi connectivity index (χ1) is 6.90. The zero-order valence-corrected chi connectivity index (χ0v) is 8.91. The van der Waals surface area contributed by atoms with Crippen LogP contribution in [0.2, 0.25) is 0 Å². The van der Waals surface area contributed by atoms with Crippen LogP contribution in [-0.4, -0.2) is 32.5 Å². The number of thioether (sulfide) groups is 1. The van der Waals surface area contributed by atoms with Crippen LogP contribution >= 0.6 is 11.8 Å². The van der Waals surface area contributed by atoms with Crippen molar-refractivity contribution in [2.45, 2.75) is 31.0 Å². The molecule has 0 atom stereocenters. The quantitative estimate of drug-likeness (QED) is 0.698. The van der Waals surface area contributed by atoms with Crippen LogP contribution in [0.3, 0.4) is 0 Å². The molecule has 0 spiro atoms. The predicted molar refractivity (Wildman–Crippen MR) is 54.9 cm³/mol. The van der Waals surface area contributed by atoms with Gasteiger partial charge in [-0.2, -0.15) is 0 Å². The topological polar surface area (TPSA) is 69.6 Å². The Morgan fingerprint density at radius 2 is 2.36 bits per heavy atom. The maximum Gasteiger partial charge on any atom is 0.209 e. The molecule has 2 N–H and O–H groups in total. The Bertz CT molecular complexity index is 283. The summed E-state index contributed by atoms with van der Waals surface area (Å²) in [6, 6.07) is 0. The molecule has 0 amide bonds. The van der Waals surface area contributed by atoms with E-state index < -0.39 is 0 Å². The Balaban J connectivity index is 1.78. The minimum Gasteiger partial charge on any atom is -0.329 e. The molecule has 1 aliphatic carbocycles. The van der Waals surface area contributed by atoms with Gasteiger partial charge in [-0.15, -0.1) is 5.10 Å². The third-order valence-corrected chi connectivity index (χ3v) is 3.28. The Morgan fingerprint density at radius 1 is 1.50 bits per heavy atom. The van der Waals surface area contributed by atoms with E-state index in [1.54, 1.807) is 16.4 Å². The van der Waals surface area contributed by atoms with Gasteiger partial charge in [-0.05, 0) is 22.8 Å². The SMILES string of the molecule is NCCn1nnnc1SCCC1CC1. The van der Waals surface area contributed by atoms with Crippen molar-refractivity contribution in [3.05, 3.63) is 0 Å². The maximum atomic E-state index is 5.45. The van der Waals surface area contributed by atoms with Crippen molar-refractivity contribution < 1.29 is 0 Å². The Morgan fingerprint density at radius 3 is 3.07 bits per heavy atom. The minimum absolute atomic E-state index is 0.585. The van der Waals surface area contributed by atoms with Crippen LogP contribution in [0.4, 0.5) is 0 Å². The Kier molecular flexibility index (Phi) is 3.36. The van der Waals surface area contributed by atoms with Crippen molar-refractivity contribution in [1.82, 2.24) is 20.2 Å². The standard InChI is InChI=1S/C8H15N5S/c9-4-5-13-8(10-11-12-13)14-6-3-7-1-2-7/h7H,1-6,9H2. The van der Waals surface area contributed by atoms with Crippen molar-refractivity contribution in [2.75, 3.05) is 12.3 Å². The first-order valence-corrected chi connectivity index (χ1v) is 5.97. The second kappa shape index (κ2) is 4.75. The highest BCUT2D eigenvalue weighted by Gasteiger charge is 2.20. The molecule has 1 heterocycles. The lowest BCUT2D eigenvalue weighted by atomic mass is 10.3. The van der Waals surface area contributed by atoms with Gasteiger partial charge in [-0.1, -0.05) is 24.6 Å². The van der Waals surface area contributed by atoms with Crippen LogP contribution in [0.25, 0.3) is 0 Å². The fourth-order valence-corrected chi connectivity index (χ4v) is 2.29. The molecule has 78 valence electrons. The third-order valence-electron chi connectivity index (χ3n) is 2.29. The fourth-order valence-electron chi connectivity index (χ4n) is 1.29. The lowest BCUT2D eigenvalue weighted by Crippen LogP contribution is -2.12. The van der Waals surface area contributed by atoms with Crippen molar-refractivity contribution in [1.29, 1.82) is 0 Å². The summed E-state index contributed by atoms with van der Waals surface area (Å²) in [5.41, 5.74) is 5.45. The van der Waals surface area contributed by atoms with E-state index in [4.69, 9.17) is 5.73 Å². The van der Waals surface area contributed by atoms with Crippen LogP contribution < -0.4 is 5.73 Å². The average molecular weight is 213 g/mol. The average Bonchev–Trinajstić information content (AvgIpc) is 2.89. The van der Waals surface area contributed by atoms with Crippen LogP contribution in [-0.2, 0) is 6.54 Å². The number of aromatic nitrogens is 4. The molecule has 1 aromatic heterocycles. The van der Waals surface area contributed by atoms with Gasteiger partial charge >= 0.3 is 0 Å². The van der Waals surface area contributed by atoms with E-state index in [1.807, 2.05) is 0 Å². The molecule has 1 aromatic rings. The lowest BCUT2D eigenvalue weighted by molar-refractivity contribution is 0.556. The molecule has 0 unspecified atom stereocenters. The Hall–Kier alpha value is -0.620. The van der Waals surface area contributed by atoms with E-state index in [9.17, 15) is 0 Å². The molecule has 14 heavy (non-hydrogen) atoms. The van der Waals surface area contributed by atoms with E-state index in [0.717, 1.165) is 16.8 Å².